The number of ketones is 1. The lowest BCUT2D eigenvalue weighted by atomic mass is 10.00. The summed E-state index contributed by atoms with van der Waals surface area (Å²) in [5.41, 5.74) is 3.40. The number of amides is 1. The Morgan fingerprint density at radius 2 is 1.64 bits per heavy atom. The van der Waals surface area contributed by atoms with Gasteiger partial charge in [0.15, 0.2) is 5.78 Å². The first-order valence-corrected chi connectivity index (χ1v) is 8.15. The van der Waals surface area contributed by atoms with E-state index in [1.807, 2.05) is 44.2 Å². The molecule has 0 spiro atoms. The molecule has 3 nitrogen and oxygen atoms in total. The van der Waals surface area contributed by atoms with Gasteiger partial charge in [0.25, 0.3) is 5.91 Å². The van der Waals surface area contributed by atoms with Gasteiger partial charge in [0, 0.05) is 34.3 Å². The van der Waals surface area contributed by atoms with Crippen molar-refractivity contribution >= 4 is 27.6 Å². The van der Waals surface area contributed by atoms with E-state index < -0.39 is 0 Å². The highest BCUT2D eigenvalue weighted by molar-refractivity contribution is 9.10. The van der Waals surface area contributed by atoms with Gasteiger partial charge in [-0.2, -0.15) is 0 Å². The molecule has 0 bridgehead atoms. The van der Waals surface area contributed by atoms with E-state index in [0.29, 0.717) is 29.8 Å². The van der Waals surface area contributed by atoms with Crippen LogP contribution in [0.5, 0.6) is 0 Å². The molecule has 0 saturated carbocycles. The summed E-state index contributed by atoms with van der Waals surface area (Å²) < 4.78 is 0.879. The highest BCUT2D eigenvalue weighted by Crippen LogP contribution is 2.42. The van der Waals surface area contributed by atoms with E-state index in [4.69, 9.17) is 0 Å². The third-order valence-corrected chi connectivity index (χ3v) is 4.76. The van der Waals surface area contributed by atoms with Crippen molar-refractivity contribution in [1.29, 1.82) is 0 Å². The summed E-state index contributed by atoms with van der Waals surface area (Å²) in [4.78, 5) is 27.2. The topological polar surface area (TPSA) is 37.4 Å². The van der Waals surface area contributed by atoms with Crippen LogP contribution in [0.1, 0.15) is 40.1 Å². The Hall–Kier alpha value is -1.94. The third-order valence-electron chi connectivity index (χ3n) is 4.10. The molecular formula is C18H16BrNO2. The molecule has 0 heterocycles. The first-order valence-electron chi connectivity index (χ1n) is 7.36. The fourth-order valence-corrected chi connectivity index (χ4v) is 3.57. The van der Waals surface area contributed by atoms with Gasteiger partial charge in [0.1, 0.15) is 0 Å². The highest BCUT2D eigenvalue weighted by Gasteiger charge is 2.32. The molecule has 0 aromatic heterocycles. The number of carbonyl (C=O) groups excluding carboxylic acids is 2. The van der Waals surface area contributed by atoms with Gasteiger partial charge in [-0.3, -0.25) is 9.59 Å². The molecule has 0 radical (unpaired) electrons. The van der Waals surface area contributed by atoms with Gasteiger partial charge in [-0.05, 0) is 31.5 Å². The van der Waals surface area contributed by atoms with Crippen LogP contribution >= 0.6 is 15.9 Å². The molecule has 0 unspecified atom stereocenters. The third kappa shape index (κ3) is 2.10. The maximum Gasteiger partial charge on any atom is 0.254 e. The number of rotatable bonds is 3. The van der Waals surface area contributed by atoms with Crippen molar-refractivity contribution < 1.29 is 9.59 Å². The van der Waals surface area contributed by atoms with Crippen molar-refractivity contribution in [2.75, 3.05) is 13.1 Å². The molecule has 0 fully saturated rings. The lowest BCUT2D eigenvalue weighted by Gasteiger charge is -2.20. The zero-order valence-electron chi connectivity index (χ0n) is 12.5. The van der Waals surface area contributed by atoms with Crippen LogP contribution in [-0.2, 0) is 0 Å². The summed E-state index contributed by atoms with van der Waals surface area (Å²) in [6, 6.07) is 11.1. The number of hydrogen-bond donors (Lipinski definition) is 0. The number of halogens is 1. The highest BCUT2D eigenvalue weighted by atomic mass is 79.9. The molecular weight excluding hydrogens is 342 g/mol. The molecule has 2 aromatic rings. The van der Waals surface area contributed by atoms with Crippen molar-refractivity contribution in [2.24, 2.45) is 0 Å². The second-order valence-electron chi connectivity index (χ2n) is 5.20. The molecule has 0 N–H and O–H groups in total. The lowest BCUT2D eigenvalue weighted by molar-refractivity contribution is 0.0768. The van der Waals surface area contributed by atoms with E-state index in [1.165, 1.54) is 0 Å². The van der Waals surface area contributed by atoms with Crippen LogP contribution in [0.3, 0.4) is 0 Å². The van der Waals surface area contributed by atoms with E-state index in [-0.39, 0.29) is 11.7 Å². The quantitative estimate of drug-likeness (QED) is 0.706. The van der Waals surface area contributed by atoms with Crippen LogP contribution in [-0.4, -0.2) is 29.7 Å². The van der Waals surface area contributed by atoms with Gasteiger partial charge in [-0.25, -0.2) is 0 Å². The Morgan fingerprint density at radius 1 is 1.00 bits per heavy atom. The van der Waals surface area contributed by atoms with Gasteiger partial charge < -0.3 is 4.90 Å². The van der Waals surface area contributed by atoms with Crippen molar-refractivity contribution in [1.82, 2.24) is 4.90 Å². The summed E-state index contributed by atoms with van der Waals surface area (Å²) in [6.07, 6.45) is 0. The van der Waals surface area contributed by atoms with Gasteiger partial charge in [-0.1, -0.05) is 40.2 Å². The fraction of sp³-hybridized carbons (Fsp3) is 0.222. The number of hydrogen-bond acceptors (Lipinski definition) is 2. The zero-order valence-corrected chi connectivity index (χ0v) is 14.1. The number of nitrogens with zero attached hydrogens (tertiary/aromatic N) is 1. The molecule has 3 rings (SSSR count). The summed E-state index contributed by atoms with van der Waals surface area (Å²) in [7, 11) is 0. The average Bonchev–Trinajstić information content (AvgIpc) is 2.83. The van der Waals surface area contributed by atoms with E-state index in [2.05, 4.69) is 15.9 Å². The largest absolute Gasteiger partial charge is 0.339 e. The van der Waals surface area contributed by atoms with Crippen LogP contribution in [0, 0.1) is 0 Å². The molecule has 112 valence electrons. The van der Waals surface area contributed by atoms with Crippen LogP contribution < -0.4 is 0 Å². The Labute approximate surface area is 138 Å². The Kier molecular flexibility index (Phi) is 3.87. The van der Waals surface area contributed by atoms with Crippen LogP contribution in [0.2, 0.25) is 0 Å². The predicted molar refractivity (Wildman–Crippen MR) is 90.3 cm³/mol. The van der Waals surface area contributed by atoms with Crippen molar-refractivity contribution in [3.63, 3.8) is 0 Å². The first-order chi connectivity index (χ1) is 10.6. The van der Waals surface area contributed by atoms with E-state index in [9.17, 15) is 9.59 Å². The van der Waals surface area contributed by atoms with Gasteiger partial charge >= 0.3 is 0 Å². The molecule has 0 atom stereocenters. The molecule has 22 heavy (non-hydrogen) atoms. The SMILES string of the molecule is CCN(CC)C(=O)c1cccc2c1C(=O)c1cccc(Br)c1-2. The van der Waals surface area contributed by atoms with Gasteiger partial charge in [0.2, 0.25) is 0 Å². The Morgan fingerprint density at radius 3 is 2.32 bits per heavy atom. The maximum atomic E-state index is 12.8. The van der Waals surface area contributed by atoms with Gasteiger partial charge in [0.05, 0.1) is 5.56 Å². The van der Waals surface area contributed by atoms with Crippen LogP contribution in [0.4, 0.5) is 0 Å². The van der Waals surface area contributed by atoms with Crippen molar-refractivity contribution in [2.45, 2.75) is 13.8 Å². The molecule has 1 aliphatic carbocycles. The molecule has 1 aliphatic rings. The minimum atomic E-state index is -0.0841. The molecule has 0 saturated heterocycles. The summed E-state index contributed by atoms with van der Waals surface area (Å²) >= 11 is 3.51. The summed E-state index contributed by atoms with van der Waals surface area (Å²) in [5.74, 6) is -0.151. The minimum Gasteiger partial charge on any atom is -0.339 e. The fourth-order valence-electron chi connectivity index (χ4n) is 2.99. The van der Waals surface area contributed by atoms with Crippen LogP contribution in [0.25, 0.3) is 11.1 Å². The lowest BCUT2D eigenvalue weighted by Crippen LogP contribution is -2.31. The molecule has 4 heteroatoms. The molecule has 1 amide bonds. The smallest absolute Gasteiger partial charge is 0.254 e. The molecule has 2 aromatic carbocycles. The normalized spacial score (nSPS) is 12.0. The molecule has 0 aliphatic heterocycles. The summed E-state index contributed by atoms with van der Waals surface area (Å²) in [5, 5.41) is 0. The number of benzene rings is 2. The monoisotopic (exact) mass is 357 g/mol. The van der Waals surface area contributed by atoms with Crippen molar-refractivity contribution in [3.8, 4) is 11.1 Å². The zero-order chi connectivity index (χ0) is 15.9. The Bertz CT molecular complexity index is 779. The number of carbonyl (C=O) groups is 2. The standard InChI is InChI=1S/C18H16BrNO2/c1-3-20(4-2)18(22)13-9-5-7-11-15-12(17(21)16(11)13)8-6-10-14(15)19/h5-10H,3-4H2,1-2H3. The van der Waals surface area contributed by atoms with E-state index in [1.54, 1.807) is 11.0 Å². The number of fused-ring (bicyclic) bond motifs is 3. The Balaban J connectivity index is 2.21. The first kappa shape index (κ1) is 15.0. The van der Waals surface area contributed by atoms with Crippen molar-refractivity contribution in [3.05, 3.63) is 57.6 Å². The van der Waals surface area contributed by atoms with E-state index in [0.717, 1.165) is 15.6 Å². The second-order valence-corrected chi connectivity index (χ2v) is 6.05. The average molecular weight is 358 g/mol. The minimum absolute atomic E-state index is 0.0672. The second kappa shape index (κ2) is 5.69. The summed E-state index contributed by atoms with van der Waals surface area (Å²) in [6.45, 7) is 5.14. The predicted octanol–water partition coefficient (Wildman–Crippen LogP) is 4.14. The van der Waals surface area contributed by atoms with E-state index >= 15 is 0 Å². The van der Waals surface area contributed by atoms with Crippen LogP contribution in [0.15, 0.2) is 40.9 Å². The van der Waals surface area contributed by atoms with Gasteiger partial charge in [-0.15, -0.1) is 0 Å². The maximum absolute atomic E-state index is 12.8.